The summed E-state index contributed by atoms with van der Waals surface area (Å²) in [7, 11) is 1.58. The molecule has 0 aliphatic carbocycles. The molecule has 94 valence electrons. The maximum Gasteiger partial charge on any atom is 0.331 e. The number of aryl methyl sites for hydroxylation is 1. The smallest absolute Gasteiger partial charge is 0.331 e. The lowest BCUT2D eigenvalue weighted by molar-refractivity contribution is -0.138. The van der Waals surface area contributed by atoms with Crippen LogP contribution in [0.4, 0.5) is 5.82 Å². The molecule has 0 fully saturated rings. The molecule has 2 aromatic heterocycles. The van der Waals surface area contributed by atoms with Crippen LogP contribution >= 0.6 is 11.3 Å². The predicted molar refractivity (Wildman–Crippen MR) is 67.8 cm³/mol. The molecule has 0 bridgehead atoms. The van der Waals surface area contributed by atoms with Crippen LogP contribution in [-0.2, 0) is 11.8 Å². The van der Waals surface area contributed by atoms with Gasteiger partial charge in [0.05, 0.1) is 0 Å². The molecule has 0 spiro atoms. The van der Waals surface area contributed by atoms with Crippen molar-refractivity contribution in [3.8, 4) is 0 Å². The lowest BCUT2D eigenvalue weighted by Gasteiger charge is -2.13. The van der Waals surface area contributed by atoms with Crippen molar-refractivity contribution < 1.29 is 9.90 Å². The highest BCUT2D eigenvalue weighted by atomic mass is 32.1. The van der Waals surface area contributed by atoms with E-state index in [2.05, 4.69) is 10.3 Å². The molecule has 2 heterocycles. The fourth-order valence-corrected chi connectivity index (χ4v) is 2.21. The maximum absolute atomic E-state index is 11.7. The number of nitrogens with zero attached hydrogens (tertiary/aromatic N) is 2. The minimum Gasteiger partial charge on any atom is -0.479 e. The van der Waals surface area contributed by atoms with Gasteiger partial charge >= 0.3 is 5.97 Å². The average molecular weight is 265 g/mol. The second-order valence-electron chi connectivity index (χ2n) is 3.62. The third-order valence-electron chi connectivity index (χ3n) is 2.37. The third-order valence-corrected chi connectivity index (χ3v) is 3.31. The van der Waals surface area contributed by atoms with E-state index in [1.54, 1.807) is 24.6 Å². The molecule has 0 saturated carbocycles. The van der Waals surface area contributed by atoms with E-state index >= 15 is 0 Å². The van der Waals surface area contributed by atoms with Crippen LogP contribution in [0, 0.1) is 0 Å². The van der Waals surface area contributed by atoms with Gasteiger partial charge in [0, 0.05) is 24.3 Å². The quantitative estimate of drug-likeness (QED) is 0.864. The van der Waals surface area contributed by atoms with Gasteiger partial charge in [-0.25, -0.2) is 9.78 Å². The van der Waals surface area contributed by atoms with Crippen LogP contribution in [0.2, 0.25) is 0 Å². The number of anilines is 1. The maximum atomic E-state index is 11.7. The van der Waals surface area contributed by atoms with Crippen LogP contribution in [0.3, 0.4) is 0 Å². The Hall–Kier alpha value is -2.15. The zero-order valence-electron chi connectivity index (χ0n) is 9.53. The summed E-state index contributed by atoms with van der Waals surface area (Å²) in [6.07, 6.45) is 2.95. The summed E-state index contributed by atoms with van der Waals surface area (Å²) >= 11 is 1.31. The Balaban J connectivity index is 2.33. The number of hydrogen-bond acceptors (Lipinski definition) is 5. The Kier molecular flexibility index (Phi) is 3.42. The molecule has 0 radical (unpaired) electrons. The van der Waals surface area contributed by atoms with Gasteiger partial charge in [-0.1, -0.05) is 6.07 Å². The zero-order chi connectivity index (χ0) is 13.1. The zero-order valence-corrected chi connectivity index (χ0v) is 10.3. The second-order valence-corrected chi connectivity index (χ2v) is 4.60. The number of carbonyl (C=O) groups is 1. The molecule has 0 aliphatic rings. The molecule has 0 aromatic carbocycles. The van der Waals surface area contributed by atoms with Crippen molar-refractivity contribution in [2.75, 3.05) is 5.32 Å². The topological polar surface area (TPSA) is 84.2 Å². The molecule has 6 nitrogen and oxygen atoms in total. The Morgan fingerprint density at radius 1 is 1.61 bits per heavy atom. The minimum absolute atomic E-state index is 0.0285. The summed E-state index contributed by atoms with van der Waals surface area (Å²) in [6.45, 7) is 0. The summed E-state index contributed by atoms with van der Waals surface area (Å²) in [5.41, 5.74) is -0.361. The number of aliphatic carboxylic acids is 1. The van der Waals surface area contributed by atoms with E-state index in [0.717, 1.165) is 0 Å². The van der Waals surface area contributed by atoms with E-state index in [1.165, 1.54) is 28.3 Å². The molecule has 0 amide bonds. The van der Waals surface area contributed by atoms with E-state index in [4.69, 9.17) is 0 Å². The molecule has 2 aromatic rings. The third kappa shape index (κ3) is 2.40. The number of carboxylic acids is 1. The molecule has 1 atom stereocenters. The normalized spacial score (nSPS) is 12.1. The monoisotopic (exact) mass is 265 g/mol. The van der Waals surface area contributed by atoms with Crippen LogP contribution < -0.4 is 10.9 Å². The van der Waals surface area contributed by atoms with Gasteiger partial charge in [0.2, 0.25) is 0 Å². The fourth-order valence-electron chi connectivity index (χ4n) is 1.44. The van der Waals surface area contributed by atoms with E-state index in [1.807, 2.05) is 0 Å². The molecule has 7 heteroatoms. The minimum atomic E-state index is -1.05. The first-order valence-corrected chi connectivity index (χ1v) is 6.02. The van der Waals surface area contributed by atoms with Crippen LogP contribution in [0.25, 0.3) is 0 Å². The first kappa shape index (κ1) is 12.3. The molecule has 1 unspecified atom stereocenters. The SMILES string of the molecule is Cn1ccnc(NC(C(=O)O)c2cccs2)c1=O. The lowest BCUT2D eigenvalue weighted by Crippen LogP contribution is -2.27. The summed E-state index contributed by atoms with van der Waals surface area (Å²) in [5.74, 6) is -1.02. The van der Waals surface area contributed by atoms with Crippen molar-refractivity contribution in [3.05, 3.63) is 45.1 Å². The molecule has 0 saturated heterocycles. The van der Waals surface area contributed by atoms with Gasteiger partial charge in [-0.05, 0) is 11.4 Å². The molecule has 0 aliphatic heterocycles. The van der Waals surface area contributed by atoms with E-state index < -0.39 is 12.0 Å². The fraction of sp³-hybridized carbons (Fsp3) is 0.182. The van der Waals surface area contributed by atoms with E-state index in [-0.39, 0.29) is 11.4 Å². The van der Waals surface area contributed by atoms with Crippen molar-refractivity contribution in [2.45, 2.75) is 6.04 Å². The lowest BCUT2D eigenvalue weighted by atomic mass is 10.2. The van der Waals surface area contributed by atoms with Crippen molar-refractivity contribution in [2.24, 2.45) is 7.05 Å². The van der Waals surface area contributed by atoms with Gasteiger partial charge in [-0.15, -0.1) is 11.3 Å². The van der Waals surface area contributed by atoms with Crippen LogP contribution in [0.15, 0.2) is 34.7 Å². The van der Waals surface area contributed by atoms with Crippen LogP contribution in [0.1, 0.15) is 10.9 Å². The average Bonchev–Trinajstić information content (AvgIpc) is 2.84. The van der Waals surface area contributed by atoms with Gasteiger partial charge in [-0.3, -0.25) is 4.79 Å². The Morgan fingerprint density at radius 2 is 2.39 bits per heavy atom. The molecule has 2 N–H and O–H groups in total. The van der Waals surface area contributed by atoms with Crippen molar-refractivity contribution in [3.63, 3.8) is 0 Å². The number of thiophene rings is 1. The highest BCUT2D eigenvalue weighted by molar-refractivity contribution is 7.10. The summed E-state index contributed by atoms with van der Waals surface area (Å²) < 4.78 is 1.34. The van der Waals surface area contributed by atoms with E-state index in [9.17, 15) is 14.7 Å². The Labute approximate surface area is 107 Å². The van der Waals surface area contributed by atoms with Gasteiger partial charge in [0.25, 0.3) is 5.56 Å². The molecular weight excluding hydrogens is 254 g/mol. The summed E-state index contributed by atoms with van der Waals surface area (Å²) in [6, 6.07) is 2.49. The molecular formula is C11H11N3O3S. The van der Waals surface area contributed by atoms with Gasteiger partial charge in [-0.2, -0.15) is 0 Å². The van der Waals surface area contributed by atoms with Crippen LogP contribution in [-0.4, -0.2) is 20.6 Å². The second kappa shape index (κ2) is 5.01. The number of carboxylic acid groups (broad SMARTS) is 1. The Morgan fingerprint density at radius 3 is 3.00 bits per heavy atom. The Bertz CT molecular complexity index is 606. The van der Waals surface area contributed by atoms with E-state index in [0.29, 0.717) is 4.88 Å². The first-order valence-electron chi connectivity index (χ1n) is 5.14. The van der Waals surface area contributed by atoms with Crippen molar-refractivity contribution >= 4 is 23.1 Å². The molecule has 18 heavy (non-hydrogen) atoms. The van der Waals surface area contributed by atoms with Crippen molar-refractivity contribution in [1.29, 1.82) is 0 Å². The number of nitrogens with one attached hydrogen (secondary N) is 1. The summed E-state index contributed by atoms with van der Waals surface area (Å²) in [4.78, 5) is 27.4. The van der Waals surface area contributed by atoms with Gasteiger partial charge < -0.3 is 15.0 Å². The van der Waals surface area contributed by atoms with Gasteiger partial charge in [0.1, 0.15) is 0 Å². The first-order chi connectivity index (χ1) is 8.59. The number of hydrogen-bond donors (Lipinski definition) is 2. The number of aromatic nitrogens is 2. The number of rotatable bonds is 4. The van der Waals surface area contributed by atoms with Crippen molar-refractivity contribution in [1.82, 2.24) is 9.55 Å². The van der Waals surface area contributed by atoms with Crippen LogP contribution in [0.5, 0.6) is 0 Å². The largest absolute Gasteiger partial charge is 0.479 e. The highest BCUT2D eigenvalue weighted by Crippen LogP contribution is 2.21. The van der Waals surface area contributed by atoms with Gasteiger partial charge in [0.15, 0.2) is 11.9 Å². The molecule has 2 rings (SSSR count). The highest BCUT2D eigenvalue weighted by Gasteiger charge is 2.22. The summed E-state index contributed by atoms with van der Waals surface area (Å²) in [5, 5.41) is 13.6. The predicted octanol–water partition coefficient (Wildman–Crippen LogP) is 1.08. The standard InChI is InChI=1S/C11H11N3O3S/c1-14-5-4-12-9(10(14)15)13-8(11(16)17)7-3-2-6-18-7/h2-6,8H,1H3,(H,12,13)(H,16,17).